The second-order valence-corrected chi connectivity index (χ2v) is 14.0. The Balaban J connectivity index is 0.00000180. The van der Waals surface area contributed by atoms with Crippen LogP contribution in [-0.4, -0.2) is 14.4 Å². The largest absolute Gasteiger partial charge is 0.147 e. The quantitative estimate of drug-likeness (QED) is 0.566. The zero-order valence-corrected chi connectivity index (χ0v) is 17.7. The first kappa shape index (κ1) is 20.6. The predicted octanol–water partition coefficient (Wildman–Crippen LogP) is 5.21. The molecule has 0 N–H and O–H groups in total. The maximum atomic E-state index is 6.24. The molecule has 0 fully saturated rings. The molecule has 0 aromatic rings. The van der Waals surface area contributed by atoms with Crippen LogP contribution in [0.3, 0.4) is 0 Å². The van der Waals surface area contributed by atoms with Crippen molar-refractivity contribution in [2.24, 2.45) is 0 Å². The zero-order chi connectivity index (χ0) is 13.2. The van der Waals surface area contributed by atoms with E-state index in [0.717, 1.165) is 0 Å². The minimum atomic E-state index is -1.44. The van der Waals surface area contributed by atoms with E-state index in [1.54, 1.807) is 6.56 Å². The number of rotatable bonds is 5. The Morgan fingerprint density at radius 3 is 2.40 bits per heavy atom. The molecule has 0 aromatic heterocycles. The topological polar surface area (TPSA) is 9.23 Å². The third-order valence-electron chi connectivity index (χ3n) is 3.02. The van der Waals surface area contributed by atoms with E-state index in [4.69, 9.17) is 4.43 Å². The Morgan fingerprint density at radius 2 is 1.85 bits per heavy atom. The molecule has 2 aliphatic carbocycles. The van der Waals surface area contributed by atoms with Crippen LogP contribution >= 0.6 is 24.8 Å². The third-order valence-corrected chi connectivity index (χ3v) is 7.73. The molecule has 1 unspecified atom stereocenters. The molecule has 5 heteroatoms. The average molecular weight is 411 g/mol. The van der Waals surface area contributed by atoms with Gasteiger partial charge in [-0.2, -0.15) is 0 Å². The van der Waals surface area contributed by atoms with Gasteiger partial charge in [0.05, 0.1) is 0 Å². The fraction of sp³-hybridized carbons (Fsp3) is 0.467. The van der Waals surface area contributed by atoms with Gasteiger partial charge in [0.25, 0.3) is 0 Å². The Kier molecular flexibility index (Phi) is 9.17. The smallest absolute Gasteiger partial charge is 0.147 e. The summed E-state index contributed by atoms with van der Waals surface area (Å²) in [5.74, 6) is 0. The summed E-state index contributed by atoms with van der Waals surface area (Å²) >= 11 is -0.530. The van der Waals surface area contributed by atoms with Crippen molar-refractivity contribution < 1.29 is 27.7 Å². The van der Waals surface area contributed by atoms with E-state index in [1.165, 1.54) is 18.4 Å². The molecule has 0 aliphatic heterocycles. The third kappa shape index (κ3) is 6.15. The monoisotopic (exact) mass is 408 g/mol. The first-order valence-electron chi connectivity index (χ1n) is 6.66. The van der Waals surface area contributed by atoms with Gasteiger partial charge < -0.3 is 0 Å². The zero-order valence-electron chi connectivity index (χ0n) is 12.6. The number of halogens is 2. The molecule has 0 saturated heterocycles. The fourth-order valence-electron chi connectivity index (χ4n) is 2.35. The molecular weight excluding hydrogens is 386 g/mol. The Morgan fingerprint density at radius 1 is 1.15 bits per heavy atom. The molecule has 0 aromatic carbocycles. The summed E-state index contributed by atoms with van der Waals surface area (Å²) in [7, 11) is -1.44. The predicted molar refractivity (Wildman–Crippen MR) is 91.0 cm³/mol. The van der Waals surface area contributed by atoms with E-state index in [9.17, 15) is 0 Å². The maximum Gasteiger partial charge on any atom is -0.147 e. The van der Waals surface area contributed by atoms with Crippen LogP contribution in [0.15, 0.2) is 42.5 Å². The molecule has 0 radical (unpaired) electrons. The molecule has 20 heavy (non-hydrogen) atoms. The Labute approximate surface area is 148 Å². The van der Waals surface area contributed by atoms with Gasteiger partial charge in [-0.3, -0.25) is 0 Å². The van der Waals surface area contributed by atoms with Crippen molar-refractivity contribution in [2.75, 3.05) is 0 Å². The Bertz CT molecular complexity index is 447. The van der Waals surface area contributed by atoms with Gasteiger partial charge in [0.2, 0.25) is 0 Å². The average Bonchev–Trinajstić information content (AvgIpc) is 2.86. The maximum absolute atomic E-state index is 6.24. The van der Waals surface area contributed by atoms with E-state index in [-0.39, 0.29) is 24.8 Å². The van der Waals surface area contributed by atoms with E-state index in [2.05, 4.69) is 56.9 Å². The number of allylic oxidation sites excluding steroid dienone is 6. The second-order valence-electron chi connectivity index (χ2n) is 5.86. The summed E-state index contributed by atoms with van der Waals surface area (Å²) in [5.41, 5.74) is 1.50. The SMILES string of the molecule is CC(O[Si](C)(C)C)C1=[C]([Zr][C]2=CC=CC2)CC=C1.Cl.Cl. The van der Waals surface area contributed by atoms with Crippen molar-refractivity contribution in [3.8, 4) is 0 Å². The van der Waals surface area contributed by atoms with Crippen molar-refractivity contribution in [3.63, 3.8) is 0 Å². The van der Waals surface area contributed by atoms with Crippen LogP contribution in [0.4, 0.5) is 0 Å². The molecule has 1 nitrogen and oxygen atoms in total. The summed E-state index contributed by atoms with van der Waals surface area (Å²) in [6.45, 7) is 9.04. The van der Waals surface area contributed by atoms with Gasteiger partial charge in [0.15, 0.2) is 0 Å². The fourth-order valence-corrected chi connectivity index (χ4v) is 7.08. The molecule has 1 atom stereocenters. The number of hydrogen-bond acceptors (Lipinski definition) is 1. The van der Waals surface area contributed by atoms with E-state index in [0.29, 0.717) is 6.10 Å². The summed E-state index contributed by atoms with van der Waals surface area (Å²) < 4.78 is 9.66. The van der Waals surface area contributed by atoms with Gasteiger partial charge in [-0.15, -0.1) is 24.8 Å². The van der Waals surface area contributed by atoms with Gasteiger partial charge >= 0.3 is 124 Å². The molecule has 0 saturated carbocycles. The Hall–Kier alpha value is 0.600. The molecule has 112 valence electrons. The minimum Gasteiger partial charge on any atom is -0.147 e. The molecular formula is C15H24Cl2OSiZr. The van der Waals surface area contributed by atoms with E-state index < -0.39 is 31.6 Å². The van der Waals surface area contributed by atoms with Gasteiger partial charge in [-0.25, -0.2) is 0 Å². The van der Waals surface area contributed by atoms with Crippen molar-refractivity contribution >= 4 is 33.1 Å². The van der Waals surface area contributed by atoms with Crippen LogP contribution in [-0.2, 0) is 27.7 Å². The van der Waals surface area contributed by atoms with Crippen molar-refractivity contribution in [2.45, 2.75) is 45.5 Å². The van der Waals surface area contributed by atoms with Crippen LogP contribution in [0.5, 0.6) is 0 Å². The standard InChI is InChI=1S/C10H17OSi.C5H5.2ClH.Zr/c1-9(11-12(2,3)4)10-7-5-6-8-10;1-2-4-5-3-1;;;/h5,7,9H,6H2,1-4H3;1-3H,4H2;2*1H;. The summed E-state index contributed by atoms with van der Waals surface area (Å²) in [6.07, 6.45) is 14.1. The normalized spacial score (nSPS) is 18.5. The van der Waals surface area contributed by atoms with E-state index >= 15 is 0 Å². The number of hydrogen-bond donors (Lipinski definition) is 0. The molecule has 2 aliphatic rings. The van der Waals surface area contributed by atoms with Gasteiger partial charge in [-0.05, 0) is 0 Å². The summed E-state index contributed by atoms with van der Waals surface area (Å²) in [5, 5.41) is 0. The van der Waals surface area contributed by atoms with Gasteiger partial charge in [-0.1, -0.05) is 0 Å². The molecule has 2 rings (SSSR count). The van der Waals surface area contributed by atoms with Crippen LogP contribution in [0.1, 0.15) is 19.8 Å². The van der Waals surface area contributed by atoms with Gasteiger partial charge in [0.1, 0.15) is 0 Å². The van der Waals surface area contributed by atoms with Crippen LogP contribution in [0, 0.1) is 0 Å². The second kappa shape index (κ2) is 8.90. The van der Waals surface area contributed by atoms with E-state index in [1.807, 2.05) is 0 Å². The first-order chi connectivity index (χ1) is 8.46. The molecule has 0 heterocycles. The minimum absolute atomic E-state index is 0. The van der Waals surface area contributed by atoms with Crippen molar-refractivity contribution in [1.29, 1.82) is 0 Å². The van der Waals surface area contributed by atoms with Crippen molar-refractivity contribution in [1.82, 2.24) is 0 Å². The van der Waals surface area contributed by atoms with Crippen LogP contribution < -0.4 is 0 Å². The first-order valence-corrected chi connectivity index (χ1v) is 12.5. The molecule has 0 bridgehead atoms. The molecule has 0 amide bonds. The van der Waals surface area contributed by atoms with Crippen molar-refractivity contribution in [3.05, 3.63) is 42.5 Å². The van der Waals surface area contributed by atoms with Crippen LogP contribution in [0.25, 0.3) is 0 Å². The summed E-state index contributed by atoms with van der Waals surface area (Å²) in [6, 6.07) is 0. The van der Waals surface area contributed by atoms with Gasteiger partial charge in [0, 0.05) is 0 Å². The summed E-state index contributed by atoms with van der Waals surface area (Å²) in [4.78, 5) is 0. The molecule has 0 spiro atoms. The van der Waals surface area contributed by atoms with Crippen LogP contribution in [0.2, 0.25) is 19.6 Å².